The van der Waals surface area contributed by atoms with Gasteiger partial charge in [-0.3, -0.25) is 23.9 Å². The number of esters is 1. The zero-order valence-corrected chi connectivity index (χ0v) is 35.1. The summed E-state index contributed by atoms with van der Waals surface area (Å²) >= 11 is 0. The molecule has 0 unspecified atom stereocenters. The molecule has 2 aliphatic heterocycles. The number of ether oxygens (including phenoxy) is 3. The largest absolute Gasteiger partial charge is 0.497 e. The topological polar surface area (TPSA) is 171 Å². The van der Waals surface area contributed by atoms with Crippen molar-refractivity contribution in [1.82, 2.24) is 19.6 Å². The van der Waals surface area contributed by atoms with Crippen molar-refractivity contribution in [1.29, 1.82) is 0 Å². The van der Waals surface area contributed by atoms with Gasteiger partial charge < -0.3 is 19.1 Å². The summed E-state index contributed by atoms with van der Waals surface area (Å²) in [6.07, 6.45) is 2.73. The quantitative estimate of drug-likeness (QED) is 0.312. The predicted molar refractivity (Wildman–Crippen MR) is 211 cm³/mol. The normalized spacial score (nSPS) is 32.8. The van der Waals surface area contributed by atoms with Gasteiger partial charge in [0.2, 0.25) is 34.1 Å². The molecule has 9 atom stereocenters. The van der Waals surface area contributed by atoms with Crippen LogP contribution in [0.15, 0.2) is 18.2 Å². The van der Waals surface area contributed by atoms with Gasteiger partial charge in [-0.1, -0.05) is 33.6 Å². The maximum atomic E-state index is 14.9. The highest BCUT2D eigenvalue weighted by Crippen LogP contribution is 2.59. The van der Waals surface area contributed by atoms with E-state index in [4.69, 9.17) is 24.2 Å². The molecule has 4 saturated carbocycles. The Balaban J connectivity index is 1.14. The van der Waals surface area contributed by atoms with Crippen molar-refractivity contribution in [3.8, 4) is 11.6 Å². The SMILES string of the molecule is COc1ccc2nc3c(nc2c1)O[C@@H]1C[C@@H](C(=O)C[C@]2(C(=O)NS(=O)(=O)C4CC4)C[C@H]2C(F)F)N(C1)C(=O)[C@H](C(C)(C)C)CC(=O)O[C@@H]1[C@H]2CC[C@H](C2)[C@H]1CCCCC3. The van der Waals surface area contributed by atoms with Gasteiger partial charge in [-0.2, -0.15) is 0 Å². The third kappa shape index (κ3) is 8.40. The lowest BCUT2D eigenvalue weighted by Gasteiger charge is -2.36. The molecule has 1 aromatic carbocycles. The van der Waals surface area contributed by atoms with E-state index in [1.807, 2.05) is 31.6 Å². The number of aromatic nitrogens is 2. The number of sulfonamides is 1. The van der Waals surface area contributed by atoms with Gasteiger partial charge in [0.15, 0.2) is 5.78 Å². The Bertz CT molecular complexity index is 2110. The Morgan fingerprint density at radius 1 is 1.00 bits per heavy atom. The maximum absolute atomic E-state index is 14.9. The zero-order valence-electron chi connectivity index (χ0n) is 34.3. The molecule has 16 heteroatoms. The number of carbonyl (C=O) groups is 4. The van der Waals surface area contributed by atoms with Gasteiger partial charge in [-0.25, -0.2) is 27.2 Å². The monoisotopic (exact) mass is 842 g/mol. The summed E-state index contributed by atoms with van der Waals surface area (Å²) in [5, 5.41) is -0.776. The van der Waals surface area contributed by atoms with E-state index in [1.165, 1.54) is 4.90 Å². The average molecular weight is 843 g/mol. The Labute approximate surface area is 344 Å². The van der Waals surface area contributed by atoms with E-state index < -0.39 is 86.5 Å². The molecule has 0 spiro atoms. The maximum Gasteiger partial charge on any atom is 0.306 e. The number of alkyl halides is 2. The number of hydrogen-bond acceptors (Lipinski definition) is 11. The fourth-order valence-corrected chi connectivity index (χ4v) is 11.9. The molecular formula is C43H56F2N4O9S. The standard InChI is InChI=1S/C43H56F2N4O9S/c1-42(2,3)29-19-36(51)58-37-24-11-10-23(16-24)28(37)8-6-5-7-9-32-39(47-33-17-25(56-4)12-15-31(33)46-32)57-26-18-34(49(22-26)40(29)52)35(50)21-43(20-30(43)38(44)45)41(53)48-59(54,55)27-13-14-27/h12,15,17,23-24,26-30,34,37-38H,5-11,13-14,16,18-22H2,1-4H3,(H,48,53)/t23-,24+,26-,28-,29-,30+,34+,37-,43-/m1/s1. The lowest BCUT2D eigenvalue weighted by Crippen LogP contribution is -2.49. The van der Waals surface area contributed by atoms with Crippen molar-refractivity contribution in [2.24, 2.45) is 40.4 Å². The lowest BCUT2D eigenvalue weighted by molar-refractivity contribution is -0.161. The number of nitrogens with one attached hydrogen (secondary N) is 1. The molecule has 1 aromatic heterocycles. The number of ketones is 1. The van der Waals surface area contributed by atoms with Gasteiger partial charge in [-0.05, 0) is 93.1 Å². The molecule has 59 heavy (non-hydrogen) atoms. The highest BCUT2D eigenvalue weighted by atomic mass is 32.2. The van der Waals surface area contributed by atoms with Gasteiger partial charge in [0, 0.05) is 24.8 Å². The first-order valence-corrected chi connectivity index (χ1v) is 22.9. The third-order valence-corrected chi connectivity index (χ3v) is 15.9. The molecule has 0 radical (unpaired) electrons. The molecule has 1 N–H and O–H groups in total. The molecule has 4 aliphatic carbocycles. The van der Waals surface area contributed by atoms with Crippen molar-refractivity contribution in [2.75, 3.05) is 13.7 Å². The molecule has 322 valence electrons. The number of Topliss-reactive ketones (excluding diaryl/α,β-unsaturated/α-hetero) is 1. The number of methoxy groups -OCH3 is 1. The van der Waals surface area contributed by atoms with E-state index in [2.05, 4.69) is 0 Å². The van der Waals surface area contributed by atoms with Gasteiger partial charge in [0.1, 0.15) is 23.7 Å². The molecule has 4 bridgehead atoms. The molecule has 1 saturated heterocycles. The van der Waals surface area contributed by atoms with Crippen molar-refractivity contribution >= 4 is 44.6 Å². The van der Waals surface area contributed by atoms with E-state index in [9.17, 15) is 36.4 Å². The van der Waals surface area contributed by atoms with E-state index in [0.29, 0.717) is 53.6 Å². The van der Waals surface area contributed by atoms with Crippen LogP contribution in [0.4, 0.5) is 8.78 Å². The van der Waals surface area contributed by atoms with Crippen LogP contribution in [0.25, 0.3) is 11.0 Å². The minimum absolute atomic E-state index is 0.0482. The summed E-state index contributed by atoms with van der Waals surface area (Å²) in [5.74, 6) is -3.32. The first-order valence-electron chi connectivity index (χ1n) is 21.4. The predicted octanol–water partition coefficient (Wildman–Crippen LogP) is 5.95. The van der Waals surface area contributed by atoms with Crippen molar-refractivity contribution in [3.05, 3.63) is 23.9 Å². The fourth-order valence-electron chi connectivity index (χ4n) is 10.5. The van der Waals surface area contributed by atoms with Crippen LogP contribution in [-0.4, -0.2) is 90.4 Å². The number of hydrogen-bond donors (Lipinski definition) is 1. The number of nitrogens with zero attached hydrogens (tertiary/aromatic N) is 3. The second kappa shape index (κ2) is 15.8. The number of fused-ring (bicyclic) bond motifs is 9. The summed E-state index contributed by atoms with van der Waals surface area (Å²) < 4.78 is 74.4. The highest BCUT2D eigenvalue weighted by molar-refractivity contribution is 7.90. The molecule has 13 nitrogen and oxygen atoms in total. The van der Waals surface area contributed by atoms with Gasteiger partial charge in [0.25, 0.3) is 0 Å². The molecule has 3 heterocycles. The summed E-state index contributed by atoms with van der Waals surface area (Å²) in [6, 6.07) is 4.16. The molecule has 2 aromatic rings. The van der Waals surface area contributed by atoms with Crippen LogP contribution in [-0.2, 0) is 40.4 Å². The Kier molecular flexibility index (Phi) is 11.2. The molecule has 2 amide bonds. The van der Waals surface area contributed by atoms with Crippen LogP contribution in [0.5, 0.6) is 11.6 Å². The van der Waals surface area contributed by atoms with Crippen LogP contribution in [0.3, 0.4) is 0 Å². The summed E-state index contributed by atoms with van der Waals surface area (Å²) in [7, 11) is -2.54. The van der Waals surface area contributed by atoms with Crippen LogP contribution in [0, 0.1) is 40.4 Å². The second-order valence-electron chi connectivity index (χ2n) is 19.1. The molecule has 5 fully saturated rings. The summed E-state index contributed by atoms with van der Waals surface area (Å²) in [6.45, 7) is 5.45. The second-order valence-corrected chi connectivity index (χ2v) is 21.1. The van der Waals surface area contributed by atoms with Crippen LogP contribution >= 0.6 is 0 Å². The number of benzene rings is 1. The summed E-state index contributed by atoms with van der Waals surface area (Å²) in [4.78, 5) is 68.0. The molecule has 8 rings (SSSR count). The molecule has 6 aliphatic rings. The fraction of sp³-hybridized carbons (Fsp3) is 0.721. The summed E-state index contributed by atoms with van der Waals surface area (Å²) in [5.41, 5.74) is -0.910. The van der Waals surface area contributed by atoms with E-state index in [0.717, 1.165) is 44.9 Å². The Hall–Kier alpha value is -3.95. The van der Waals surface area contributed by atoms with Crippen molar-refractivity contribution < 1.29 is 50.6 Å². The van der Waals surface area contributed by atoms with Gasteiger partial charge in [-0.15, -0.1) is 0 Å². The minimum atomic E-state index is -4.09. The zero-order chi connectivity index (χ0) is 42.0. The van der Waals surface area contributed by atoms with E-state index in [1.54, 1.807) is 19.2 Å². The number of halogens is 2. The first-order chi connectivity index (χ1) is 28.0. The molecular weight excluding hydrogens is 787 g/mol. The number of aryl methyl sites for hydroxylation is 1. The van der Waals surface area contributed by atoms with Crippen molar-refractivity contribution in [3.63, 3.8) is 0 Å². The van der Waals surface area contributed by atoms with Crippen LogP contribution < -0.4 is 14.2 Å². The number of amides is 2. The number of rotatable bonds is 8. The smallest absolute Gasteiger partial charge is 0.306 e. The van der Waals surface area contributed by atoms with Gasteiger partial charge in [0.05, 0.1) is 53.7 Å². The Morgan fingerprint density at radius 3 is 2.46 bits per heavy atom. The van der Waals surface area contributed by atoms with Gasteiger partial charge >= 0.3 is 5.97 Å². The van der Waals surface area contributed by atoms with Crippen molar-refractivity contribution in [2.45, 2.75) is 141 Å². The lowest BCUT2D eigenvalue weighted by atomic mass is 9.77. The minimum Gasteiger partial charge on any atom is -0.497 e. The Morgan fingerprint density at radius 2 is 1.76 bits per heavy atom. The van der Waals surface area contributed by atoms with E-state index in [-0.39, 0.29) is 43.7 Å². The highest BCUT2D eigenvalue weighted by Gasteiger charge is 2.66. The van der Waals surface area contributed by atoms with Crippen LogP contribution in [0.1, 0.15) is 110 Å². The first kappa shape index (κ1) is 41.8. The van der Waals surface area contributed by atoms with E-state index >= 15 is 0 Å². The average Bonchev–Trinajstić information content (AvgIpc) is 4.04. The number of carbonyl (C=O) groups excluding carboxylic acids is 4. The third-order valence-electron chi connectivity index (χ3n) is 14.1. The van der Waals surface area contributed by atoms with Crippen LogP contribution in [0.2, 0.25) is 0 Å².